The Morgan fingerprint density at radius 1 is 0.627 bits per heavy atom. The van der Waals surface area contributed by atoms with Crippen LogP contribution < -0.4 is 13.7 Å². The van der Waals surface area contributed by atoms with Crippen LogP contribution in [0.5, 0.6) is 28.7 Å². The topological polar surface area (TPSA) is 236 Å². The predicted molar refractivity (Wildman–Crippen MR) is 245 cm³/mol. The van der Waals surface area contributed by atoms with Gasteiger partial charge in [0.15, 0.2) is 22.8 Å². The largest absolute Gasteiger partial charge is 0.534 e. The number of aromatic hydroxyl groups is 2. The van der Waals surface area contributed by atoms with Gasteiger partial charge in [-0.2, -0.15) is 21.6 Å². The number of rotatable bonds is 6. The predicted octanol–water partition coefficient (Wildman–Crippen LogP) is 12.5. The van der Waals surface area contributed by atoms with Gasteiger partial charge in [0.2, 0.25) is 5.75 Å². The molecule has 5 aromatic rings. The molecule has 2 N–H and O–H groups in total. The molecule has 352 valence electrons. The van der Waals surface area contributed by atoms with Gasteiger partial charge in [0.25, 0.3) is 0 Å². The summed E-state index contributed by atoms with van der Waals surface area (Å²) < 4.78 is 74.0. The molecule has 0 bridgehead atoms. The number of hydrogen-bond donors (Lipinski definition) is 2. The Morgan fingerprint density at radius 3 is 1.42 bits per heavy atom. The molecule has 0 unspecified atom stereocenters. The number of benzene rings is 5. The number of esters is 2. The molecular weight excluding hydrogens is 1040 g/mol. The van der Waals surface area contributed by atoms with E-state index >= 15 is 0 Å². The minimum Gasteiger partial charge on any atom is -0.508 e. The van der Waals surface area contributed by atoms with Crippen molar-refractivity contribution < 1.29 is 64.9 Å². The number of phenolic OH excluding ortho intramolecular Hbond substituents is 2. The van der Waals surface area contributed by atoms with Crippen LogP contribution in [0.3, 0.4) is 0 Å². The highest BCUT2D eigenvalue weighted by Crippen LogP contribution is 2.39. The van der Waals surface area contributed by atoms with Crippen molar-refractivity contribution in [1.82, 2.24) is 0 Å². The monoisotopic (exact) mass is 1080 g/mol. The highest BCUT2D eigenvalue weighted by Gasteiger charge is 2.49. The van der Waals surface area contributed by atoms with Crippen molar-refractivity contribution in [3.63, 3.8) is 0 Å². The number of nitro benzene ring substituents is 2. The molecule has 5 rings (SSSR count). The van der Waals surface area contributed by atoms with Crippen LogP contribution in [0.15, 0.2) is 87.8 Å². The van der Waals surface area contributed by atoms with Crippen molar-refractivity contribution in [2.75, 3.05) is 0 Å². The zero-order valence-electron chi connectivity index (χ0n) is 35.9. The van der Waals surface area contributed by atoms with Crippen molar-refractivity contribution in [3.05, 3.63) is 170 Å². The molecule has 0 aliphatic rings. The Kier molecular flexibility index (Phi) is 22.1. The quantitative estimate of drug-likeness (QED) is 0.0306. The van der Waals surface area contributed by atoms with E-state index in [1.165, 1.54) is 26.8 Å². The van der Waals surface area contributed by atoms with E-state index in [9.17, 15) is 56.5 Å². The summed E-state index contributed by atoms with van der Waals surface area (Å²) in [4.78, 5) is 49.7. The third kappa shape index (κ3) is 18.8. The highest BCUT2D eigenvalue weighted by atomic mass is 79.9. The van der Waals surface area contributed by atoms with E-state index in [1.54, 1.807) is 37.3 Å². The SMILES string of the molecule is CC(=O)Oc1ccc(Br)cc1C.Cc1cc(Br)ccc1O.[C-]#[N+]c1cc(C)c(O)c([N+](=O)[O-])c1.[C-]#[N+]c1cc(C)c(OS(=O)(=O)C(F)(F)F)c([N+](=O)[O-])c1.[C-]#[N+]c1ccc(OC(C)=O)c(C)c1. The smallest absolute Gasteiger partial charge is 0.508 e. The molecule has 24 heteroatoms. The van der Waals surface area contributed by atoms with Crippen LogP contribution in [0, 0.1) is 74.6 Å². The van der Waals surface area contributed by atoms with Gasteiger partial charge in [-0.3, -0.25) is 29.8 Å². The third-order valence-electron chi connectivity index (χ3n) is 7.72. The number of ether oxygens (including phenoxy) is 2. The van der Waals surface area contributed by atoms with Crippen LogP contribution in [0.25, 0.3) is 14.5 Å². The van der Waals surface area contributed by atoms with Gasteiger partial charge in [-0.05, 0) is 123 Å². The van der Waals surface area contributed by atoms with Gasteiger partial charge in [0.05, 0.1) is 29.6 Å². The number of halogens is 5. The second-order valence-corrected chi connectivity index (χ2v) is 16.4. The summed E-state index contributed by atoms with van der Waals surface area (Å²) in [5, 5.41) is 39.4. The first kappa shape index (κ1) is 57.4. The van der Waals surface area contributed by atoms with E-state index in [0.29, 0.717) is 34.6 Å². The Balaban J connectivity index is 0.000000429. The van der Waals surface area contributed by atoms with Crippen LogP contribution in [-0.4, -0.2) is 45.9 Å². The third-order valence-corrected chi connectivity index (χ3v) is 9.66. The van der Waals surface area contributed by atoms with Gasteiger partial charge < -0.3 is 23.9 Å². The molecule has 67 heavy (non-hydrogen) atoms. The first-order valence-corrected chi connectivity index (χ1v) is 21.1. The summed E-state index contributed by atoms with van der Waals surface area (Å²) in [6, 6.07) is 19.8. The lowest BCUT2D eigenvalue weighted by atomic mass is 10.1. The molecule has 0 amide bonds. The maximum atomic E-state index is 12.2. The van der Waals surface area contributed by atoms with Gasteiger partial charge in [0.1, 0.15) is 17.2 Å². The fraction of sp³-hybridized carbons (Fsp3) is 0.186. The molecule has 0 heterocycles. The molecule has 0 aliphatic heterocycles. The summed E-state index contributed by atoms with van der Waals surface area (Å²) in [5.41, 5.74) is -4.02. The standard InChI is InChI=1S/C10H9NO2.C9H9BrO2.C9H5F3N2O5S.C8H6N2O3.C7H7BrO/c1-7-6-9(11-3)4-5-10(7)13-8(2)12;1-6-5-8(10)3-4-9(6)12-7(2)11;1-5-3-6(13-2)4-7(14(15)16)8(5)19-20(17,18)9(10,11)12;1-5-3-6(9-2)4-7(8(5)11)10(12)13;1-5-4-6(8)2-3-7(5)9/h4-6H,1-2H3;3-5H,1-2H3;3-4H,1H3;3-4,11H,1H3;2-4,9H,1H3. The number of nitrogens with zero attached hydrogens (tertiary/aromatic N) is 5. The van der Waals surface area contributed by atoms with Gasteiger partial charge in [0, 0.05) is 34.9 Å². The number of alkyl halides is 3. The maximum absolute atomic E-state index is 12.2. The van der Waals surface area contributed by atoms with E-state index < -0.39 is 42.6 Å². The molecule has 0 saturated heterocycles. The number of hydrogen-bond acceptors (Lipinski definition) is 13. The summed E-state index contributed by atoms with van der Waals surface area (Å²) in [6.07, 6.45) is 0. The molecule has 0 saturated carbocycles. The van der Waals surface area contributed by atoms with E-state index in [-0.39, 0.29) is 34.6 Å². The molecular formula is C43H36Br2F3N5O13S. The average molecular weight is 1080 g/mol. The summed E-state index contributed by atoms with van der Waals surface area (Å²) in [6.45, 7) is 31.0. The normalized spacial score (nSPS) is 10.0. The summed E-state index contributed by atoms with van der Waals surface area (Å²) in [5.74, 6) is -0.611. The second kappa shape index (κ2) is 25.8. The molecule has 0 fully saturated rings. The Morgan fingerprint density at radius 2 is 1.03 bits per heavy atom. The number of carbonyl (C=O) groups excluding carboxylic acids is 2. The summed E-state index contributed by atoms with van der Waals surface area (Å²) >= 11 is 6.61. The van der Waals surface area contributed by atoms with Crippen LogP contribution in [0.2, 0.25) is 0 Å². The first-order chi connectivity index (χ1) is 31.0. The van der Waals surface area contributed by atoms with Crippen molar-refractivity contribution in [3.8, 4) is 28.7 Å². The fourth-order valence-corrected chi connectivity index (χ4v) is 6.10. The zero-order valence-corrected chi connectivity index (χ0v) is 39.9. The van der Waals surface area contributed by atoms with Crippen molar-refractivity contribution in [1.29, 1.82) is 0 Å². The minimum atomic E-state index is -6.03. The van der Waals surface area contributed by atoms with Gasteiger partial charge in [-0.25, -0.2) is 14.5 Å². The van der Waals surface area contributed by atoms with Gasteiger partial charge >= 0.3 is 38.9 Å². The zero-order chi connectivity index (χ0) is 51.6. The average Bonchev–Trinajstić information content (AvgIpc) is 3.22. The van der Waals surface area contributed by atoms with Crippen LogP contribution in [0.1, 0.15) is 41.7 Å². The number of carbonyl (C=O) groups is 2. The molecule has 0 radical (unpaired) electrons. The van der Waals surface area contributed by atoms with E-state index in [2.05, 4.69) is 50.6 Å². The van der Waals surface area contributed by atoms with Crippen molar-refractivity contribution >= 4 is 82.4 Å². The Labute approximate surface area is 398 Å². The van der Waals surface area contributed by atoms with E-state index in [1.807, 2.05) is 38.1 Å². The lowest BCUT2D eigenvalue weighted by Crippen LogP contribution is -2.28. The molecule has 0 atom stereocenters. The second-order valence-electron chi connectivity index (χ2n) is 13.1. The Bertz CT molecular complexity index is 2910. The summed E-state index contributed by atoms with van der Waals surface area (Å²) in [7, 11) is -6.03. The van der Waals surface area contributed by atoms with Crippen LogP contribution in [-0.2, 0) is 19.7 Å². The minimum absolute atomic E-state index is 0.155. The van der Waals surface area contributed by atoms with Crippen molar-refractivity contribution in [2.24, 2.45) is 0 Å². The lowest BCUT2D eigenvalue weighted by molar-refractivity contribution is -0.385. The molecule has 0 aromatic heterocycles. The van der Waals surface area contributed by atoms with Gasteiger partial charge in [-0.15, -0.1) is 0 Å². The number of aryl methyl sites for hydroxylation is 5. The molecule has 0 aliphatic carbocycles. The number of nitro groups is 2. The van der Waals surface area contributed by atoms with Gasteiger partial charge in [-0.1, -0.05) is 37.9 Å². The first-order valence-electron chi connectivity index (χ1n) is 18.1. The van der Waals surface area contributed by atoms with Crippen LogP contribution in [0.4, 0.5) is 41.6 Å². The Hall–Kier alpha value is -7.59. The highest BCUT2D eigenvalue weighted by molar-refractivity contribution is 9.10. The molecule has 5 aromatic carbocycles. The van der Waals surface area contributed by atoms with Crippen LogP contribution >= 0.6 is 31.9 Å². The molecule has 0 spiro atoms. The van der Waals surface area contributed by atoms with E-state index in [0.717, 1.165) is 44.7 Å². The molecule has 18 nitrogen and oxygen atoms in total. The number of phenols is 2. The lowest BCUT2D eigenvalue weighted by Gasteiger charge is -2.11. The fourth-order valence-electron chi connectivity index (χ4n) is 4.62. The van der Waals surface area contributed by atoms with E-state index in [4.69, 9.17) is 34.3 Å². The maximum Gasteiger partial charge on any atom is 0.534 e. The van der Waals surface area contributed by atoms with Crippen molar-refractivity contribution in [2.45, 2.75) is 54.0 Å².